The molecule has 0 saturated carbocycles. The fraction of sp³-hybridized carbons (Fsp3) is 0.111. The molecule has 0 spiro atoms. The van der Waals surface area contributed by atoms with E-state index in [0.717, 1.165) is 5.56 Å². The van der Waals surface area contributed by atoms with Crippen molar-refractivity contribution in [2.24, 2.45) is 4.99 Å². The van der Waals surface area contributed by atoms with Gasteiger partial charge in [-0.25, -0.2) is 4.99 Å². The summed E-state index contributed by atoms with van der Waals surface area (Å²) >= 11 is 1.25. The first-order valence-electron chi connectivity index (χ1n) is 7.59. The fourth-order valence-electron chi connectivity index (χ4n) is 2.25. The molecule has 1 aromatic carbocycles. The van der Waals surface area contributed by atoms with E-state index in [1.165, 1.54) is 16.7 Å². The second-order valence-electron chi connectivity index (χ2n) is 5.18. The summed E-state index contributed by atoms with van der Waals surface area (Å²) in [6, 6.07) is 12.8. The highest BCUT2D eigenvalue weighted by Gasteiger charge is 2.31. The number of anilines is 1. The number of amides is 1. The summed E-state index contributed by atoms with van der Waals surface area (Å²) in [5.74, 6) is -0.784. The van der Waals surface area contributed by atoms with Gasteiger partial charge in [0, 0.05) is 18.1 Å². The van der Waals surface area contributed by atoms with Crippen molar-refractivity contribution in [3.8, 4) is 0 Å². The van der Waals surface area contributed by atoms with Crippen molar-refractivity contribution in [3.05, 3.63) is 66.1 Å². The van der Waals surface area contributed by atoms with E-state index in [1.807, 2.05) is 36.4 Å². The Hall–Kier alpha value is -2.93. The number of carboxylic acids is 1. The molecule has 7 heteroatoms. The Balaban J connectivity index is 1.91. The van der Waals surface area contributed by atoms with Gasteiger partial charge in [-0.2, -0.15) is 0 Å². The highest BCUT2D eigenvalue weighted by atomic mass is 32.2. The minimum absolute atomic E-state index is 0.00214. The van der Waals surface area contributed by atoms with Gasteiger partial charge in [0.1, 0.15) is 5.70 Å². The molecule has 0 bridgehead atoms. The molecule has 0 unspecified atom stereocenters. The first kappa shape index (κ1) is 16.9. The van der Waals surface area contributed by atoms with Gasteiger partial charge in [-0.3, -0.25) is 19.5 Å². The van der Waals surface area contributed by atoms with Crippen LogP contribution in [0, 0.1) is 0 Å². The topological polar surface area (TPSA) is 82.9 Å². The van der Waals surface area contributed by atoms with Crippen LogP contribution < -0.4 is 4.90 Å². The van der Waals surface area contributed by atoms with Crippen molar-refractivity contribution in [2.75, 3.05) is 10.7 Å². The summed E-state index contributed by atoms with van der Waals surface area (Å²) in [4.78, 5) is 33.5. The monoisotopic (exact) mass is 353 g/mol. The standard InChI is InChI=1S/C18H15N3O3S/c22-16(23)8-10-25-18-20-15(11-13-5-4-9-19-12-13)17(24)21(18)14-6-2-1-3-7-14/h1-7,9,11-12H,8,10H2,(H,22,23)/b15-11+. The third kappa shape index (κ3) is 4.13. The summed E-state index contributed by atoms with van der Waals surface area (Å²) in [6.45, 7) is 0. The van der Waals surface area contributed by atoms with Crippen molar-refractivity contribution in [1.82, 2.24) is 4.98 Å². The Morgan fingerprint density at radius 2 is 2.00 bits per heavy atom. The Labute approximate surface area is 148 Å². The van der Waals surface area contributed by atoms with Crippen LogP contribution in [0.2, 0.25) is 0 Å². The predicted octanol–water partition coefficient (Wildman–Crippen LogP) is 3.03. The van der Waals surface area contributed by atoms with Crippen LogP contribution in [0.1, 0.15) is 12.0 Å². The molecular weight excluding hydrogens is 338 g/mol. The maximum atomic E-state index is 12.8. The predicted molar refractivity (Wildman–Crippen MR) is 98.3 cm³/mol. The van der Waals surface area contributed by atoms with Crippen molar-refractivity contribution in [3.63, 3.8) is 0 Å². The summed E-state index contributed by atoms with van der Waals surface area (Å²) in [5, 5.41) is 9.30. The van der Waals surface area contributed by atoms with Gasteiger partial charge >= 0.3 is 5.97 Å². The van der Waals surface area contributed by atoms with Gasteiger partial charge in [-0.05, 0) is 29.8 Å². The molecule has 0 radical (unpaired) electrons. The number of benzene rings is 1. The van der Waals surface area contributed by atoms with Gasteiger partial charge in [0.05, 0.1) is 12.1 Å². The van der Waals surface area contributed by atoms with Gasteiger partial charge in [0.2, 0.25) is 0 Å². The Bertz CT molecular complexity index is 835. The molecule has 1 aliphatic heterocycles. The molecule has 2 aromatic rings. The van der Waals surface area contributed by atoms with Gasteiger partial charge in [-0.1, -0.05) is 36.0 Å². The third-order valence-electron chi connectivity index (χ3n) is 3.38. The van der Waals surface area contributed by atoms with Gasteiger partial charge in [0.15, 0.2) is 5.17 Å². The quantitative estimate of drug-likeness (QED) is 0.836. The fourth-order valence-corrected chi connectivity index (χ4v) is 3.19. The third-order valence-corrected chi connectivity index (χ3v) is 4.32. The van der Waals surface area contributed by atoms with Crippen LogP contribution in [0.15, 0.2) is 65.5 Å². The first-order chi connectivity index (χ1) is 12.1. The van der Waals surface area contributed by atoms with Gasteiger partial charge < -0.3 is 5.11 Å². The van der Waals surface area contributed by atoms with Crippen LogP contribution in [0.25, 0.3) is 6.08 Å². The Kier molecular flexibility index (Phi) is 5.25. The van der Waals surface area contributed by atoms with Crippen LogP contribution in [0.4, 0.5) is 5.69 Å². The number of pyridine rings is 1. The number of aliphatic carboxylic acids is 1. The molecule has 0 saturated heterocycles. The number of nitrogens with zero attached hydrogens (tertiary/aromatic N) is 3. The summed E-state index contributed by atoms with van der Waals surface area (Å²) in [7, 11) is 0. The van der Waals surface area contributed by atoms with Crippen molar-refractivity contribution in [1.29, 1.82) is 0 Å². The number of thioether (sulfide) groups is 1. The molecular formula is C18H15N3O3S. The minimum atomic E-state index is -0.880. The Morgan fingerprint density at radius 1 is 1.20 bits per heavy atom. The molecule has 1 aliphatic rings. The average Bonchev–Trinajstić information content (AvgIpc) is 2.92. The van der Waals surface area contributed by atoms with E-state index >= 15 is 0 Å². The van der Waals surface area contributed by atoms with Crippen LogP contribution in [-0.4, -0.2) is 32.9 Å². The molecule has 25 heavy (non-hydrogen) atoms. The number of aliphatic imine (C=N–C) groups is 1. The molecule has 126 valence electrons. The zero-order valence-corrected chi connectivity index (χ0v) is 14.0. The molecule has 6 nitrogen and oxygen atoms in total. The lowest BCUT2D eigenvalue weighted by molar-refractivity contribution is -0.136. The average molecular weight is 353 g/mol. The Morgan fingerprint density at radius 3 is 2.68 bits per heavy atom. The number of hydrogen-bond donors (Lipinski definition) is 1. The number of carbonyl (C=O) groups excluding carboxylic acids is 1. The normalized spacial score (nSPS) is 15.5. The summed E-state index contributed by atoms with van der Waals surface area (Å²) in [5.41, 5.74) is 1.78. The SMILES string of the molecule is O=C(O)CCSC1=N/C(=C/c2cccnc2)C(=O)N1c1ccccc1. The van der Waals surface area contributed by atoms with E-state index in [4.69, 9.17) is 5.11 Å². The number of rotatable bonds is 5. The zero-order chi connectivity index (χ0) is 17.6. The molecule has 3 rings (SSSR count). The lowest BCUT2D eigenvalue weighted by Crippen LogP contribution is -2.30. The van der Waals surface area contributed by atoms with Crippen LogP contribution in [0.3, 0.4) is 0 Å². The zero-order valence-electron chi connectivity index (χ0n) is 13.2. The van der Waals surface area contributed by atoms with Crippen molar-refractivity contribution in [2.45, 2.75) is 6.42 Å². The lowest BCUT2D eigenvalue weighted by Gasteiger charge is -2.17. The minimum Gasteiger partial charge on any atom is -0.481 e. The van der Waals surface area contributed by atoms with E-state index in [-0.39, 0.29) is 12.3 Å². The van der Waals surface area contributed by atoms with Crippen LogP contribution in [0.5, 0.6) is 0 Å². The summed E-state index contributed by atoms with van der Waals surface area (Å²) in [6.07, 6.45) is 4.99. The number of amidine groups is 1. The molecule has 0 aliphatic carbocycles. The number of carbonyl (C=O) groups is 2. The maximum Gasteiger partial charge on any atom is 0.304 e. The molecule has 0 atom stereocenters. The smallest absolute Gasteiger partial charge is 0.304 e. The van der Waals surface area contributed by atoms with Crippen molar-refractivity contribution >= 4 is 40.6 Å². The largest absolute Gasteiger partial charge is 0.481 e. The van der Waals surface area contributed by atoms with Gasteiger partial charge in [0.25, 0.3) is 5.91 Å². The molecule has 0 fully saturated rings. The lowest BCUT2D eigenvalue weighted by atomic mass is 10.2. The second-order valence-corrected chi connectivity index (χ2v) is 6.24. The van der Waals surface area contributed by atoms with Crippen molar-refractivity contribution < 1.29 is 14.7 Å². The summed E-state index contributed by atoms with van der Waals surface area (Å²) < 4.78 is 0. The van der Waals surface area contributed by atoms with Crippen LogP contribution >= 0.6 is 11.8 Å². The van der Waals surface area contributed by atoms with Gasteiger partial charge in [-0.15, -0.1) is 0 Å². The highest BCUT2D eigenvalue weighted by Crippen LogP contribution is 2.29. The van der Waals surface area contributed by atoms with Crippen LogP contribution in [-0.2, 0) is 9.59 Å². The molecule has 1 amide bonds. The number of carboxylic acid groups (broad SMARTS) is 1. The first-order valence-corrected chi connectivity index (χ1v) is 8.58. The number of aromatic nitrogens is 1. The highest BCUT2D eigenvalue weighted by molar-refractivity contribution is 8.14. The van der Waals surface area contributed by atoms with E-state index in [9.17, 15) is 9.59 Å². The second kappa shape index (κ2) is 7.76. The molecule has 2 heterocycles. The van der Waals surface area contributed by atoms with E-state index in [0.29, 0.717) is 22.3 Å². The molecule has 1 aromatic heterocycles. The van der Waals surface area contributed by atoms with E-state index < -0.39 is 5.97 Å². The maximum absolute atomic E-state index is 12.8. The number of para-hydroxylation sites is 1. The van der Waals surface area contributed by atoms with E-state index in [2.05, 4.69) is 9.98 Å². The number of hydrogen-bond acceptors (Lipinski definition) is 5. The molecule has 1 N–H and O–H groups in total. The van der Waals surface area contributed by atoms with E-state index in [1.54, 1.807) is 24.5 Å².